The number of hydrogen-bond acceptors (Lipinski definition) is 4. The van der Waals surface area contributed by atoms with E-state index in [1.54, 1.807) is 13.2 Å². The highest BCUT2D eigenvalue weighted by Crippen LogP contribution is 2.43. The number of hydrogen-bond donors (Lipinski definition) is 1. The molecule has 25 heavy (non-hydrogen) atoms. The SMILES string of the molecule is COc1ccc(OC(F)(F)F)cc1[C@H](CC1CC1)N1CCNCC1.Cl. The van der Waals surface area contributed by atoms with Gasteiger partial charge in [-0.3, -0.25) is 4.90 Å². The first-order valence-electron chi connectivity index (χ1n) is 8.35. The van der Waals surface area contributed by atoms with E-state index in [0.717, 1.165) is 38.2 Å². The molecule has 0 aromatic heterocycles. The predicted molar refractivity (Wildman–Crippen MR) is 91.4 cm³/mol. The van der Waals surface area contributed by atoms with Gasteiger partial charge in [-0.1, -0.05) is 12.8 Å². The van der Waals surface area contributed by atoms with Crippen LogP contribution in [0.15, 0.2) is 18.2 Å². The molecule has 0 bridgehead atoms. The summed E-state index contributed by atoms with van der Waals surface area (Å²) in [6.07, 6.45) is -1.34. The minimum Gasteiger partial charge on any atom is -0.496 e. The van der Waals surface area contributed by atoms with Crippen LogP contribution in [0.1, 0.15) is 30.9 Å². The van der Waals surface area contributed by atoms with E-state index >= 15 is 0 Å². The Balaban J connectivity index is 0.00000225. The van der Waals surface area contributed by atoms with Gasteiger partial charge in [-0.25, -0.2) is 0 Å². The first kappa shape index (κ1) is 20.1. The normalized spacial score (nSPS) is 19.8. The van der Waals surface area contributed by atoms with E-state index in [-0.39, 0.29) is 24.2 Å². The van der Waals surface area contributed by atoms with Crippen LogP contribution in [-0.2, 0) is 0 Å². The van der Waals surface area contributed by atoms with E-state index in [2.05, 4.69) is 15.0 Å². The number of methoxy groups -OCH3 is 1. The average Bonchev–Trinajstić information content (AvgIpc) is 3.36. The van der Waals surface area contributed by atoms with Gasteiger partial charge in [0.15, 0.2) is 0 Å². The highest BCUT2D eigenvalue weighted by molar-refractivity contribution is 5.85. The quantitative estimate of drug-likeness (QED) is 0.814. The number of benzene rings is 1. The Kier molecular flexibility index (Phi) is 6.82. The molecule has 1 aliphatic heterocycles. The van der Waals surface area contributed by atoms with Gasteiger partial charge >= 0.3 is 6.36 Å². The molecule has 1 atom stereocenters. The third-order valence-corrected chi connectivity index (χ3v) is 4.64. The van der Waals surface area contributed by atoms with Gasteiger partial charge in [0.25, 0.3) is 0 Å². The second-order valence-electron chi connectivity index (χ2n) is 6.43. The number of piperazine rings is 1. The first-order valence-corrected chi connectivity index (χ1v) is 8.35. The summed E-state index contributed by atoms with van der Waals surface area (Å²) in [5.41, 5.74) is 0.785. The standard InChI is InChI=1S/C17H23F3N2O2.ClH/c1-23-16-5-4-13(24-17(18,19)20)11-14(16)15(10-12-2-3-12)22-8-6-21-7-9-22;/h4-5,11-12,15,21H,2-3,6-10H2,1H3;1H/t15-;/m0./s1. The summed E-state index contributed by atoms with van der Waals surface area (Å²) in [5.74, 6) is 1.09. The van der Waals surface area contributed by atoms with Crippen molar-refractivity contribution in [1.82, 2.24) is 10.2 Å². The Morgan fingerprint density at radius 2 is 1.92 bits per heavy atom. The number of alkyl halides is 3. The number of nitrogens with zero attached hydrogens (tertiary/aromatic N) is 1. The summed E-state index contributed by atoms with van der Waals surface area (Å²) in [6.45, 7) is 3.54. The zero-order valence-electron chi connectivity index (χ0n) is 14.1. The minimum absolute atomic E-state index is 0. The molecule has 3 rings (SSSR count). The predicted octanol–water partition coefficient (Wildman–Crippen LogP) is 3.76. The molecular weight excluding hydrogens is 357 g/mol. The summed E-state index contributed by atoms with van der Waals surface area (Å²) in [7, 11) is 1.55. The molecule has 1 saturated heterocycles. The topological polar surface area (TPSA) is 33.7 Å². The van der Waals surface area contributed by atoms with Crippen LogP contribution in [0.25, 0.3) is 0 Å². The van der Waals surface area contributed by atoms with Gasteiger partial charge in [-0.05, 0) is 30.5 Å². The summed E-state index contributed by atoms with van der Waals surface area (Å²) in [6, 6.07) is 4.42. The fourth-order valence-electron chi connectivity index (χ4n) is 3.31. The molecule has 2 fully saturated rings. The van der Waals surface area contributed by atoms with Crippen LogP contribution >= 0.6 is 12.4 Å². The Morgan fingerprint density at radius 1 is 1.24 bits per heavy atom. The lowest BCUT2D eigenvalue weighted by molar-refractivity contribution is -0.274. The smallest absolute Gasteiger partial charge is 0.496 e. The molecule has 1 aromatic rings. The van der Waals surface area contributed by atoms with Crippen molar-refractivity contribution in [1.29, 1.82) is 0 Å². The van der Waals surface area contributed by atoms with Crippen LogP contribution in [0.3, 0.4) is 0 Å². The maximum atomic E-state index is 12.6. The van der Waals surface area contributed by atoms with Crippen molar-refractivity contribution in [2.24, 2.45) is 5.92 Å². The molecule has 0 amide bonds. The van der Waals surface area contributed by atoms with Crippen LogP contribution in [-0.4, -0.2) is 44.6 Å². The molecule has 1 saturated carbocycles. The lowest BCUT2D eigenvalue weighted by Crippen LogP contribution is -2.45. The van der Waals surface area contributed by atoms with Crippen LogP contribution in [0.4, 0.5) is 13.2 Å². The summed E-state index contributed by atoms with van der Waals surface area (Å²) in [4.78, 5) is 2.34. The maximum absolute atomic E-state index is 12.6. The van der Waals surface area contributed by atoms with Crippen molar-refractivity contribution in [3.63, 3.8) is 0 Å². The van der Waals surface area contributed by atoms with E-state index in [4.69, 9.17) is 4.74 Å². The summed E-state index contributed by atoms with van der Waals surface area (Å²) < 4.78 is 47.2. The average molecular weight is 381 g/mol. The molecule has 8 heteroatoms. The molecule has 0 radical (unpaired) electrons. The van der Waals surface area contributed by atoms with Gasteiger partial charge < -0.3 is 14.8 Å². The molecule has 1 aliphatic carbocycles. The number of nitrogens with one attached hydrogen (secondary N) is 1. The first-order chi connectivity index (χ1) is 11.5. The van der Waals surface area contributed by atoms with E-state index in [1.807, 2.05) is 0 Å². The lowest BCUT2D eigenvalue weighted by atomic mass is 9.97. The highest BCUT2D eigenvalue weighted by Gasteiger charge is 2.34. The Morgan fingerprint density at radius 3 is 2.48 bits per heavy atom. The van der Waals surface area contributed by atoms with Crippen LogP contribution < -0.4 is 14.8 Å². The highest BCUT2D eigenvalue weighted by atomic mass is 35.5. The minimum atomic E-state index is -4.69. The van der Waals surface area contributed by atoms with Crippen LogP contribution in [0, 0.1) is 5.92 Å². The van der Waals surface area contributed by atoms with Crippen molar-refractivity contribution < 1.29 is 22.6 Å². The third kappa shape index (κ3) is 5.66. The van der Waals surface area contributed by atoms with E-state index < -0.39 is 6.36 Å². The molecule has 1 aromatic carbocycles. The van der Waals surface area contributed by atoms with Crippen LogP contribution in [0.5, 0.6) is 11.5 Å². The van der Waals surface area contributed by atoms with E-state index in [9.17, 15) is 13.2 Å². The maximum Gasteiger partial charge on any atom is 0.573 e. The number of halogens is 4. The molecule has 4 nitrogen and oxygen atoms in total. The van der Waals surface area contributed by atoms with Crippen molar-refractivity contribution in [2.75, 3.05) is 33.3 Å². The van der Waals surface area contributed by atoms with Gasteiger partial charge in [0.1, 0.15) is 11.5 Å². The third-order valence-electron chi connectivity index (χ3n) is 4.64. The fraction of sp³-hybridized carbons (Fsp3) is 0.647. The van der Waals surface area contributed by atoms with Gasteiger partial charge in [0, 0.05) is 37.8 Å². The second-order valence-corrected chi connectivity index (χ2v) is 6.43. The van der Waals surface area contributed by atoms with Crippen LogP contribution in [0.2, 0.25) is 0 Å². The largest absolute Gasteiger partial charge is 0.573 e. The zero-order chi connectivity index (χ0) is 17.2. The van der Waals surface area contributed by atoms with Crippen molar-refractivity contribution in [3.8, 4) is 11.5 Å². The molecule has 2 aliphatic rings. The Labute approximate surface area is 152 Å². The van der Waals surface area contributed by atoms with Gasteiger partial charge in [-0.15, -0.1) is 25.6 Å². The summed E-state index contributed by atoms with van der Waals surface area (Å²) in [5, 5.41) is 3.31. The van der Waals surface area contributed by atoms with Crippen molar-refractivity contribution >= 4 is 12.4 Å². The van der Waals surface area contributed by atoms with Gasteiger partial charge in [0.05, 0.1) is 7.11 Å². The van der Waals surface area contributed by atoms with E-state index in [1.165, 1.54) is 25.0 Å². The zero-order valence-corrected chi connectivity index (χ0v) is 15.0. The lowest BCUT2D eigenvalue weighted by Gasteiger charge is -2.36. The molecular formula is C17H24ClF3N2O2. The number of rotatable bonds is 6. The number of ether oxygens (including phenoxy) is 2. The summed E-state index contributed by atoms with van der Waals surface area (Å²) >= 11 is 0. The molecule has 142 valence electrons. The Hall–Kier alpha value is -1.18. The van der Waals surface area contributed by atoms with Crippen molar-refractivity contribution in [3.05, 3.63) is 23.8 Å². The monoisotopic (exact) mass is 380 g/mol. The van der Waals surface area contributed by atoms with Gasteiger partial charge in [0.2, 0.25) is 0 Å². The molecule has 1 N–H and O–H groups in total. The Bertz CT molecular complexity index is 561. The van der Waals surface area contributed by atoms with E-state index in [0.29, 0.717) is 11.7 Å². The molecule has 1 heterocycles. The fourth-order valence-corrected chi connectivity index (χ4v) is 3.31. The second kappa shape index (κ2) is 8.47. The van der Waals surface area contributed by atoms with Crippen molar-refractivity contribution in [2.45, 2.75) is 31.7 Å². The molecule has 0 unspecified atom stereocenters. The van der Waals surface area contributed by atoms with Gasteiger partial charge in [-0.2, -0.15) is 0 Å². The molecule has 0 spiro atoms.